The lowest BCUT2D eigenvalue weighted by molar-refractivity contribution is -0.384. The third-order valence-electron chi connectivity index (χ3n) is 3.94. The highest BCUT2D eigenvalue weighted by Gasteiger charge is 2.19. The summed E-state index contributed by atoms with van der Waals surface area (Å²) in [5, 5.41) is 13.4. The Morgan fingerprint density at radius 1 is 1.23 bits per heavy atom. The number of carbonyl (C=O) groups excluding carboxylic acids is 2. The number of methoxy groups -OCH3 is 1. The molecule has 0 fully saturated rings. The molecule has 0 atom stereocenters. The summed E-state index contributed by atoms with van der Waals surface area (Å²) in [6.07, 6.45) is 0. The molecule has 1 aromatic heterocycles. The number of carbonyl (C=O) groups is 2. The maximum absolute atomic E-state index is 12.2. The van der Waals surface area contributed by atoms with Gasteiger partial charge in [0.1, 0.15) is 5.56 Å². The van der Waals surface area contributed by atoms with Gasteiger partial charge in [-0.2, -0.15) is 0 Å². The maximum atomic E-state index is 12.2. The highest BCUT2D eigenvalue weighted by molar-refractivity contribution is 6.34. The Kier molecular flexibility index (Phi) is 5.98. The average molecular weight is 433 g/mol. The maximum Gasteiger partial charge on any atom is 0.351 e. The van der Waals surface area contributed by atoms with Gasteiger partial charge in [0.2, 0.25) is 0 Å². The van der Waals surface area contributed by atoms with Gasteiger partial charge in [-0.3, -0.25) is 14.9 Å². The molecule has 0 saturated carbocycles. The van der Waals surface area contributed by atoms with Gasteiger partial charge < -0.3 is 19.2 Å². The summed E-state index contributed by atoms with van der Waals surface area (Å²) in [6, 6.07) is 9.60. The Hall–Kier alpha value is -3.92. The van der Waals surface area contributed by atoms with E-state index in [0.29, 0.717) is 11.1 Å². The van der Waals surface area contributed by atoms with Crippen LogP contribution in [0.5, 0.6) is 5.75 Å². The zero-order valence-corrected chi connectivity index (χ0v) is 16.1. The van der Waals surface area contributed by atoms with Crippen molar-refractivity contribution >= 4 is 45.8 Å². The molecule has 154 valence electrons. The number of nitro groups is 1. The Morgan fingerprint density at radius 2 is 2.00 bits per heavy atom. The fourth-order valence-corrected chi connectivity index (χ4v) is 2.76. The molecule has 3 rings (SSSR count). The number of para-hydroxylation sites is 1. The zero-order valence-electron chi connectivity index (χ0n) is 15.3. The summed E-state index contributed by atoms with van der Waals surface area (Å²) < 4.78 is 15.1. The second kappa shape index (κ2) is 8.62. The molecule has 10 nitrogen and oxygen atoms in total. The first kappa shape index (κ1) is 20.8. The first-order valence-corrected chi connectivity index (χ1v) is 8.69. The molecule has 0 aliphatic carbocycles. The number of anilines is 1. The van der Waals surface area contributed by atoms with Crippen molar-refractivity contribution in [3.8, 4) is 5.75 Å². The van der Waals surface area contributed by atoms with Crippen molar-refractivity contribution in [1.29, 1.82) is 0 Å². The van der Waals surface area contributed by atoms with Crippen LogP contribution in [0.3, 0.4) is 0 Å². The van der Waals surface area contributed by atoms with E-state index in [1.165, 1.54) is 19.2 Å². The number of ether oxygens (including phenoxy) is 2. The van der Waals surface area contributed by atoms with Crippen molar-refractivity contribution in [2.75, 3.05) is 19.0 Å². The van der Waals surface area contributed by atoms with Crippen LogP contribution in [0.15, 0.2) is 51.7 Å². The van der Waals surface area contributed by atoms with Crippen molar-refractivity contribution in [2.24, 2.45) is 0 Å². The molecule has 1 heterocycles. The lowest BCUT2D eigenvalue weighted by Gasteiger charge is -2.08. The van der Waals surface area contributed by atoms with E-state index in [0.717, 1.165) is 12.1 Å². The SMILES string of the molecule is COc1cccc2cc(C(=O)OCC(=O)Nc3ccc([N+](=O)[O-])cc3Cl)c(=O)oc12. The summed E-state index contributed by atoms with van der Waals surface area (Å²) in [7, 11) is 1.41. The highest BCUT2D eigenvalue weighted by atomic mass is 35.5. The van der Waals surface area contributed by atoms with Gasteiger partial charge >= 0.3 is 11.6 Å². The second-order valence-corrected chi connectivity index (χ2v) is 6.28. The van der Waals surface area contributed by atoms with E-state index in [4.69, 9.17) is 25.5 Å². The number of non-ortho nitro benzene ring substituents is 1. The van der Waals surface area contributed by atoms with Gasteiger partial charge in [0, 0.05) is 17.5 Å². The van der Waals surface area contributed by atoms with Crippen molar-refractivity contribution in [1.82, 2.24) is 0 Å². The number of benzene rings is 2. The van der Waals surface area contributed by atoms with Crippen LogP contribution in [-0.4, -0.2) is 30.5 Å². The van der Waals surface area contributed by atoms with Crippen LogP contribution in [0.4, 0.5) is 11.4 Å². The quantitative estimate of drug-likeness (QED) is 0.271. The molecule has 11 heteroatoms. The van der Waals surface area contributed by atoms with Crippen LogP contribution < -0.4 is 15.7 Å². The van der Waals surface area contributed by atoms with E-state index in [2.05, 4.69) is 5.32 Å². The third-order valence-corrected chi connectivity index (χ3v) is 4.25. The van der Waals surface area contributed by atoms with E-state index in [1.54, 1.807) is 18.2 Å². The topological polar surface area (TPSA) is 138 Å². The number of halogens is 1. The predicted octanol–water partition coefficient (Wildman–Crippen LogP) is 3.16. The van der Waals surface area contributed by atoms with Crippen LogP contribution in [0.25, 0.3) is 11.0 Å². The lowest BCUT2D eigenvalue weighted by Crippen LogP contribution is -2.23. The number of fused-ring (bicyclic) bond motifs is 1. The van der Waals surface area contributed by atoms with Gasteiger partial charge in [-0.25, -0.2) is 9.59 Å². The number of nitro benzene ring substituents is 1. The van der Waals surface area contributed by atoms with Crippen LogP contribution in [0.1, 0.15) is 10.4 Å². The molecule has 0 aliphatic rings. The normalized spacial score (nSPS) is 10.5. The summed E-state index contributed by atoms with van der Waals surface area (Å²) in [5.74, 6) is -1.49. The van der Waals surface area contributed by atoms with Crippen molar-refractivity contribution in [3.63, 3.8) is 0 Å². The summed E-state index contributed by atoms with van der Waals surface area (Å²) >= 11 is 5.89. The lowest BCUT2D eigenvalue weighted by atomic mass is 10.2. The molecule has 3 aromatic rings. The van der Waals surface area contributed by atoms with Crippen LogP contribution in [-0.2, 0) is 9.53 Å². The van der Waals surface area contributed by atoms with E-state index >= 15 is 0 Å². The van der Waals surface area contributed by atoms with Gasteiger partial charge in [-0.1, -0.05) is 23.7 Å². The van der Waals surface area contributed by atoms with Gasteiger partial charge in [0.15, 0.2) is 17.9 Å². The largest absolute Gasteiger partial charge is 0.493 e. The van der Waals surface area contributed by atoms with Crippen molar-refractivity contribution in [2.45, 2.75) is 0 Å². The minimum absolute atomic E-state index is 0.0620. The van der Waals surface area contributed by atoms with Crippen molar-refractivity contribution in [3.05, 3.63) is 73.6 Å². The number of hydrogen-bond acceptors (Lipinski definition) is 8. The molecule has 1 N–H and O–H groups in total. The molecule has 0 unspecified atom stereocenters. The second-order valence-electron chi connectivity index (χ2n) is 5.87. The number of hydrogen-bond donors (Lipinski definition) is 1. The summed E-state index contributed by atoms with van der Waals surface area (Å²) in [5.41, 5.74) is -1.32. The highest BCUT2D eigenvalue weighted by Crippen LogP contribution is 2.27. The molecule has 0 radical (unpaired) electrons. The molecular weight excluding hydrogens is 420 g/mol. The van der Waals surface area contributed by atoms with E-state index in [-0.39, 0.29) is 22.0 Å². The Bertz CT molecular complexity index is 1220. The Labute approximate surface area is 173 Å². The predicted molar refractivity (Wildman–Crippen MR) is 106 cm³/mol. The fraction of sp³-hybridized carbons (Fsp3) is 0.105. The number of amides is 1. The first-order valence-electron chi connectivity index (χ1n) is 8.32. The van der Waals surface area contributed by atoms with E-state index in [1.807, 2.05) is 0 Å². The van der Waals surface area contributed by atoms with Gasteiger partial charge in [-0.15, -0.1) is 0 Å². The number of nitrogens with one attached hydrogen (secondary N) is 1. The molecule has 0 bridgehead atoms. The minimum atomic E-state index is -1.06. The smallest absolute Gasteiger partial charge is 0.351 e. The van der Waals surface area contributed by atoms with Crippen LogP contribution in [0.2, 0.25) is 5.02 Å². The van der Waals surface area contributed by atoms with Gasteiger partial charge in [0.25, 0.3) is 11.6 Å². The van der Waals surface area contributed by atoms with Crippen LogP contribution in [0, 0.1) is 10.1 Å². The zero-order chi connectivity index (χ0) is 21.8. The van der Waals surface area contributed by atoms with Crippen molar-refractivity contribution < 1.29 is 28.4 Å². The summed E-state index contributed by atoms with van der Waals surface area (Å²) in [4.78, 5) is 46.4. The van der Waals surface area contributed by atoms with E-state index in [9.17, 15) is 24.5 Å². The third kappa shape index (κ3) is 4.39. The molecule has 1 amide bonds. The molecule has 30 heavy (non-hydrogen) atoms. The number of rotatable bonds is 6. The molecule has 2 aromatic carbocycles. The van der Waals surface area contributed by atoms with Gasteiger partial charge in [-0.05, 0) is 18.2 Å². The first-order chi connectivity index (χ1) is 14.3. The Balaban J connectivity index is 1.70. The average Bonchev–Trinajstić information content (AvgIpc) is 2.72. The summed E-state index contributed by atoms with van der Waals surface area (Å²) in [6.45, 7) is -0.720. The fourth-order valence-electron chi connectivity index (χ4n) is 2.53. The molecule has 0 aliphatic heterocycles. The standard InChI is InChI=1S/C19H13ClN2O8/c1-28-15-4-2-3-10-7-12(19(25)30-17(10)15)18(24)29-9-16(23)21-14-6-5-11(22(26)27)8-13(14)20/h2-8H,9H2,1H3,(H,21,23). The van der Waals surface area contributed by atoms with Gasteiger partial charge in [0.05, 0.1) is 22.7 Å². The van der Waals surface area contributed by atoms with Crippen LogP contribution >= 0.6 is 11.6 Å². The number of nitrogens with zero attached hydrogens (tertiary/aromatic N) is 1. The number of esters is 1. The minimum Gasteiger partial charge on any atom is -0.493 e. The Morgan fingerprint density at radius 3 is 2.67 bits per heavy atom. The van der Waals surface area contributed by atoms with E-state index < -0.39 is 34.6 Å². The molecular formula is C19H13ClN2O8. The monoisotopic (exact) mass is 432 g/mol. The molecule has 0 spiro atoms. The molecule has 0 saturated heterocycles.